The van der Waals surface area contributed by atoms with E-state index in [1.165, 1.54) is 0 Å². The molecular weight excluding hydrogens is 241 g/mol. The Morgan fingerprint density at radius 1 is 1.00 bits per heavy atom. The molecule has 2 nitrogen and oxygen atoms in total. The Morgan fingerprint density at radius 2 is 1.68 bits per heavy atom. The lowest BCUT2D eigenvalue weighted by molar-refractivity contribution is 0.108. The summed E-state index contributed by atoms with van der Waals surface area (Å²) in [6.45, 7) is 0. The lowest BCUT2D eigenvalue weighted by atomic mass is 9.75. The van der Waals surface area contributed by atoms with Crippen LogP contribution < -0.4 is 5.32 Å². The van der Waals surface area contributed by atoms with E-state index in [1.54, 1.807) is 12.1 Å². The van der Waals surface area contributed by atoms with Crippen LogP contribution in [0.25, 0.3) is 0 Å². The minimum atomic E-state index is -0.0920. The fourth-order valence-electron chi connectivity index (χ4n) is 3.39. The standard InChI is InChI=1S/C16H22FNO/c17-16-4-2-1-3-15(16)11-9-13(10-11)18-12-5-7-14(19)8-6-12/h1-4,11-14,18-19H,5-10H2. The minimum Gasteiger partial charge on any atom is -0.393 e. The predicted octanol–water partition coefficient (Wildman–Crippen LogP) is 2.96. The van der Waals surface area contributed by atoms with Crippen molar-refractivity contribution in [2.45, 2.75) is 62.6 Å². The summed E-state index contributed by atoms with van der Waals surface area (Å²) in [6.07, 6.45) is 5.97. The van der Waals surface area contributed by atoms with Gasteiger partial charge in [-0.15, -0.1) is 0 Å². The van der Waals surface area contributed by atoms with Crippen molar-refractivity contribution in [1.29, 1.82) is 0 Å². The van der Waals surface area contributed by atoms with Gasteiger partial charge >= 0.3 is 0 Å². The summed E-state index contributed by atoms with van der Waals surface area (Å²) in [5, 5.41) is 13.1. The Kier molecular flexibility index (Phi) is 3.85. The summed E-state index contributed by atoms with van der Waals surface area (Å²) in [5.74, 6) is 0.319. The number of hydrogen-bond donors (Lipinski definition) is 2. The molecule has 1 aromatic rings. The minimum absolute atomic E-state index is 0.0632. The molecule has 0 aliphatic heterocycles. The smallest absolute Gasteiger partial charge is 0.126 e. The molecule has 2 aliphatic carbocycles. The van der Waals surface area contributed by atoms with Gasteiger partial charge in [-0.25, -0.2) is 4.39 Å². The molecule has 0 bridgehead atoms. The van der Waals surface area contributed by atoms with Crippen LogP contribution in [-0.4, -0.2) is 23.3 Å². The monoisotopic (exact) mass is 263 g/mol. The summed E-state index contributed by atoms with van der Waals surface area (Å²) in [5.41, 5.74) is 0.875. The lowest BCUT2D eigenvalue weighted by Crippen LogP contribution is -2.47. The maximum Gasteiger partial charge on any atom is 0.126 e. The highest BCUT2D eigenvalue weighted by molar-refractivity contribution is 5.24. The van der Waals surface area contributed by atoms with Crippen LogP contribution in [0.3, 0.4) is 0 Å². The third kappa shape index (κ3) is 2.98. The second-order valence-electron chi connectivity index (χ2n) is 6.06. The highest BCUT2D eigenvalue weighted by atomic mass is 19.1. The Labute approximate surface area is 114 Å². The van der Waals surface area contributed by atoms with Gasteiger partial charge in [0, 0.05) is 12.1 Å². The summed E-state index contributed by atoms with van der Waals surface area (Å²) in [6, 6.07) is 8.22. The first-order valence-corrected chi connectivity index (χ1v) is 7.41. The van der Waals surface area contributed by atoms with Crippen LogP contribution in [0.15, 0.2) is 24.3 Å². The van der Waals surface area contributed by atoms with Gasteiger partial charge in [0.1, 0.15) is 5.82 Å². The van der Waals surface area contributed by atoms with Crippen molar-refractivity contribution < 1.29 is 9.50 Å². The second-order valence-corrected chi connectivity index (χ2v) is 6.06. The van der Waals surface area contributed by atoms with Crippen molar-refractivity contribution in [2.75, 3.05) is 0 Å². The largest absolute Gasteiger partial charge is 0.393 e. The molecule has 0 heterocycles. The molecule has 0 atom stereocenters. The van der Waals surface area contributed by atoms with Gasteiger partial charge in [-0.2, -0.15) is 0 Å². The van der Waals surface area contributed by atoms with Gasteiger partial charge < -0.3 is 10.4 Å². The van der Waals surface area contributed by atoms with E-state index in [0.29, 0.717) is 18.0 Å². The van der Waals surface area contributed by atoms with Crippen molar-refractivity contribution in [3.63, 3.8) is 0 Å². The highest BCUT2D eigenvalue weighted by Gasteiger charge is 2.33. The molecule has 2 saturated carbocycles. The summed E-state index contributed by atoms with van der Waals surface area (Å²) in [7, 11) is 0. The van der Waals surface area contributed by atoms with E-state index < -0.39 is 0 Å². The molecule has 1 aromatic carbocycles. The molecule has 0 saturated heterocycles. The van der Waals surface area contributed by atoms with E-state index in [-0.39, 0.29) is 11.9 Å². The second kappa shape index (κ2) is 5.59. The van der Waals surface area contributed by atoms with Crippen LogP contribution in [0, 0.1) is 5.82 Å². The maximum atomic E-state index is 13.6. The van der Waals surface area contributed by atoms with Gasteiger partial charge in [-0.1, -0.05) is 18.2 Å². The van der Waals surface area contributed by atoms with Crippen LogP contribution in [0.1, 0.15) is 50.0 Å². The Morgan fingerprint density at radius 3 is 2.37 bits per heavy atom. The van der Waals surface area contributed by atoms with Gasteiger partial charge in [0.15, 0.2) is 0 Å². The Bertz CT molecular complexity index is 423. The van der Waals surface area contributed by atoms with Crippen LogP contribution in [0.2, 0.25) is 0 Å². The van der Waals surface area contributed by atoms with E-state index >= 15 is 0 Å². The third-order valence-electron chi connectivity index (χ3n) is 4.65. The normalized spacial score (nSPS) is 34.8. The van der Waals surface area contributed by atoms with Crippen LogP contribution in [-0.2, 0) is 0 Å². The summed E-state index contributed by atoms with van der Waals surface area (Å²) in [4.78, 5) is 0. The lowest BCUT2D eigenvalue weighted by Gasteiger charge is -2.40. The molecule has 0 amide bonds. The zero-order valence-electron chi connectivity index (χ0n) is 11.2. The van der Waals surface area contributed by atoms with Crippen LogP contribution >= 0.6 is 0 Å². The van der Waals surface area contributed by atoms with Crippen molar-refractivity contribution in [1.82, 2.24) is 5.32 Å². The average Bonchev–Trinajstić information content (AvgIpc) is 2.37. The molecule has 2 fully saturated rings. The molecule has 3 rings (SSSR count). The van der Waals surface area contributed by atoms with Crippen LogP contribution in [0.4, 0.5) is 4.39 Å². The van der Waals surface area contributed by atoms with E-state index in [2.05, 4.69) is 5.32 Å². The van der Waals surface area contributed by atoms with Crippen LogP contribution in [0.5, 0.6) is 0 Å². The molecule has 19 heavy (non-hydrogen) atoms. The fraction of sp³-hybridized carbons (Fsp3) is 0.625. The number of rotatable bonds is 3. The molecule has 104 valence electrons. The van der Waals surface area contributed by atoms with E-state index in [4.69, 9.17) is 0 Å². The summed E-state index contributed by atoms with van der Waals surface area (Å²) >= 11 is 0. The molecule has 2 N–H and O–H groups in total. The van der Waals surface area contributed by atoms with E-state index in [0.717, 1.165) is 44.1 Å². The van der Waals surface area contributed by atoms with Crippen molar-refractivity contribution in [2.24, 2.45) is 0 Å². The molecule has 2 aliphatic rings. The fourth-order valence-corrected chi connectivity index (χ4v) is 3.39. The number of halogens is 1. The topological polar surface area (TPSA) is 32.3 Å². The third-order valence-corrected chi connectivity index (χ3v) is 4.65. The van der Waals surface area contributed by atoms with Crippen molar-refractivity contribution in [3.8, 4) is 0 Å². The Hall–Kier alpha value is -0.930. The van der Waals surface area contributed by atoms with Gasteiger partial charge in [0.2, 0.25) is 0 Å². The van der Waals surface area contributed by atoms with Gasteiger partial charge in [0.25, 0.3) is 0 Å². The average molecular weight is 263 g/mol. The number of aliphatic hydroxyl groups excluding tert-OH is 1. The van der Waals surface area contributed by atoms with Crippen molar-refractivity contribution in [3.05, 3.63) is 35.6 Å². The number of nitrogens with one attached hydrogen (secondary N) is 1. The Balaban J connectivity index is 1.47. The highest BCUT2D eigenvalue weighted by Crippen LogP contribution is 2.38. The quantitative estimate of drug-likeness (QED) is 0.878. The van der Waals surface area contributed by atoms with Gasteiger partial charge in [0.05, 0.1) is 6.10 Å². The van der Waals surface area contributed by atoms with Crippen molar-refractivity contribution >= 4 is 0 Å². The molecule has 3 heteroatoms. The number of aliphatic hydroxyl groups is 1. The number of hydrogen-bond acceptors (Lipinski definition) is 2. The first-order valence-electron chi connectivity index (χ1n) is 7.41. The number of benzene rings is 1. The van der Waals surface area contributed by atoms with E-state index in [9.17, 15) is 9.50 Å². The molecule has 0 unspecified atom stereocenters. The first-order chi connectivity index (χ1) is 9.22. The SMILES string of the molecule is OC1CCC(NC2CC(c3ccccc3F)C2)CC1. The van der Waals surface area contributed by atoms with Gasteiger partial charge in [-0.3, -0.25) is 0 Å². The zero-order valence-corrected chi connectivity index (χ0v) is 11.2. The molecular formula is C16H22FNO. The first kappa shape index (κ1) is 13.1. The zero-order chi connectivity index (χ0) is 13.2. The predicted molar refractivity (Wildman–Crippen MR) is 73.6 cm³/mol. The van der Waals surface area contributed by atoms with Gasteiger partial charge in [-0.05, 0) is 56.1 Å². The molecule has 0 radical (unpaired) electrons. The molecule has 0 spiro atoms. The molecule has 0 aromatic heterocycles. The maximum absolute atomic E-state index is 13.6. The summed E-state index contributed by atoms with van der Waals surface area (Å²) < 4.78 is 13.6. The van der Waals surface area contributed by atoms with E-state index in [1.807, 2.05) is 12.1 Å².